The zero-order valence-electron chi connectivity index (χ0n) is 8.34. The van der Waals surface area contributed by atoms with E-state index in [0.29, 0.717) is 5.88 Å². The molecule has 0 saturated carbocycles. The highest BCUT2D eigenvalue weighted by Gasteiger charge is 1.98. The van der Waals surface area contributed by atoms with Crippen molar-refractivity contribution in [1.82, 2.24) is 4.90 Å². The third kappa shape index (κ3) is 4.32. The molecule has 0 aromatic heterocycles. The summed E-state index contributed by atoms with van der Waals surface area (Å²) in [5, 5.41) is 0.794. The van der Waals surface area contributed by atoms with Gasteiger partial charge in [-0.25, -0.2) is 0 Å². The van der Waals surface area contributed by atoms with Gasteiger partial charge in [0, 0.05) is 24.0 Å². The van der Waals surface area contributed by atoms with Gasteiger partial charge in [-0.15, -0.1) is 11.6 Å². The predicted octanol–water partition coefficient (Wildman–Crippen LogP) is 3.05. The van der Waals surface area contributed by atoms with Crippen LogP contribution < -0.4 is 0 Å². The van der Waals surface area contributed by atoms with Crippen molar-refractivity contribution in [3.8, 4) is 0 Å². The normalized spacial score (nSPS) is 10.9. The van der Waals surface area contributed by atoms with E-state index in [-0.39, 0.29) is 0 Å². The smallest absolute Gasteiger partial charge is 0.0406 e. The fraction of sp³-hybridized carbons (Fsp3) is 0.455. The highest BCUT2D eigenvalue weighted by molar-refractivity contribution is 6.30. The number of halogens is 2. The third-order valence-electron chi connectivity index (χ3n) is 2.16. The molecule has 0 amide bonds. The average Bonchev–Trinajstić information content (AvgIpc) is 2.17. The largest absolute Gasteiger partial charge is 0.305 e. The molecule has 0 aliphatic carbocycles. The van der Waals surface area contributed by atoms with Crippen molar-refractivity contribution >= 4 is 23.2 Å². The molecule has 1 aromatic rings. The van der Waals surface area contributed by atoms with Gasteiger partial charge in [0.25, 0.3) is 0 Å². The van der Waals surface area contributed by atoms with Gasteiger partial charge in [-0.3, -0.25) is 0 Å². The van der Waals surface area contributed by atoms with E-state index in [2.05, 4.69) is 24.1 Å². The molecule has 0 atom stereocenters. The van der Waals surface area contributed by atoms with E-state index in [1.54, 1.807) is 0 Å². The molecule has 0 unspecified atom stereocenters. The topological polar surface area (TPSA) is 3.24 Å². The fourth-order valence-corrected chi connectivity index (χ4v) is 1.64. The van der Waals surface area contributed by atoms with Crippen molar-refractivity contribution in [2.24, 2.45) is 0 Å². The van der Waals surface area contributed by atoms with E-state index < -0.39 is 0 Å². The maximum absolute atomic E-state index is 5.80. The molecule has 0 fully saturated rings. The first-order chi connectivity index (χ1) is 6.72. The Kier molecular flexibility index (Phi) is 5.31. The highest BCUT2D eigenvalue weighted by atomic mass is 35.5. The zero-order chi connectivity index (χ0) is 10.4. The van der Waals surface area contributed by atoms with Crippen LogP contribution in [-0.2, 0) is 6.42 Å². The number of hydrogen-bond acceptors (Lipinski definition) is 1. The lowest BCUT2D eigenvalue weighted by atomic mass is 10.1. The summed E-state index contributed by atoms with van der Waals surface area (Å²) in [5.41, 5.74) is 1.32. The summed E-state index contributed by atoms with van der Waals surface area (Å²) >= 11 is 11.4. The Hall–Kier alpha value is -0.240. The number of benzene rings is 1. The first-order valence-electron chi connectivity index (χ1n) is 4.71. The molecule has 0 aliphatic rings. The molecule has 0 N–H and O–H groups in total. The third-order valence-corrected chi connectivity index (χ3v) is 2.58. The van der Waals surface area contributed by atoms with Gasteiger partial charge in [0.15, 0.2) is 0 Å². The monoisotopic (exact) mass is 231 g/mol. The molecular formula is C11H15Cl2N. The van der Waals surface area contributed by atoms with Crippen LogP contribution in [0.4, 0.5) is 0 Å². The second-order valence-electron chi connectivity index (χ2n) is 3.37. The van der Waals surface area contributed by atoms with Crippen molar-refractivity contribution in [3.63, 3.8) is 0 Å². The first kappa shape index (κ1) is 11.8. The van der Waals surface area contributed by atoms with Gasteiger partial charge in [0.05, 0.1) is 0 Å². The average molecular weight is 232 g/mol. The summed E-state index contributed by atoms with van der Waals surface area (Å²) in [4.78, 5) is 2.22. The molecule has 0 spiro atoms. The van der Waals surface area contributed by atoms with Gasteiger partial charge < -0.3 is 4.90 Å². The van der Waals surface area contributed by atoms with Gasteiger partial charge >= 0.3 is 0 Å². The van der Waals surface area contributed by atoms with Crippen LogP contribution in [0.5, 0.6) is 0 Å². The quantitative estimate of drug-likeness (QED) is 0.705. The van der Waals surface area contributed by atoms with Crippen LogP contribution in [0.1, 0.15) is 5.56 Å². The summed E-state index contributed by atoms with van der Waals surface area (Å²) in [6.45, 7) is 1.98. The van der Waals surface area contributed by atoms with Gasteiger partial charge in [-0.1, -0.05) is 23.7 Å². The van der Waals surface area contributed by atoms with Crippen LogP contribution in [0.3, 0.4) is 0 Å². The summed E-state index contributed by atoms with van der Waals surface area (Å²) in [7, 11) is 2.08. The Morgan fingerprint density at radius 1 is 1.14 bits per heavy atom. The molecule has 0 bridgehead atoms. The lowest BCUT2D eigenvalue weighted by Gasteiger charge is -2.14. The van der Waals surface area contributed by atoms with E-state index in [1.165, 1.54) is 5.56 Å². The number of nitrogens with zero attached hydrogens (tertiary/aromatic N) is 1. The van der Waals surface area contributed by atoms with Crippen LogP contribution in [0, 0.1) is 0 Å². The van der Waals surface area contributed by atoms with Crippen molar-refractivity contribution in [2.75, 3.05) is 26.0 Å². The molecule has 78 valence electrons. The van der Waals surface area contributed by atoms with Crippen LogP contribution in [0.15, 0.2) is 24.3 Å². The molecule has 0 radical (unpaired) electrons. The minimum atomic E-state index is 0.692. The van der Waals surface area contributed by atoms with Crippen LogP contribution in [-0.4, -0.2) is 30.9 Å². The minimum absolute atomic E-state index is 0.692. The molecule has 1 rings (SSSR count). The number of rotatable bonds is 5. The Balaban J connectivity index is 2.34. The molecular weight excluding hydrogens is 217 g/mol. The Morgan fingerprint density at radius 2 is 1.79 bits per heavy atom. The van der Waals surface area contributed by atoms with E-state index in [0.717, 1.165) is 24.5 Å². The molecule has 3 heteroatoms. The van der Waals surface area contributed by atoms with Crippen molar-refractivity contribution in [2.45, 2.75) is 6.42 Å². The Morgan fingerprint density at radius 3 is 2.36 bits per heavy atom. The van der Waals surface area contributed by atoms with E-state index >= 15 is 0 Å². The minimum Gasteiger partial charge on any atom is -0.305 e. The first-order valence-corrected chi connectivity index (χ1v) is 5.62. The van der Waals surface area contributed by atoms with Gasteiger partial charge in [0.2, 0.25) is 0 Å². The number of hydrogen-bond donors (Lipinski definition) is 0. The summed E-state index contributed by atoms with van der Waals surface area (Å²) in [6, 6.07) is 7.99. The van der Waals surface area contributed by atoms with Gasteiger partial charge in [-0.05, 0) is 31.2 Å². The molecule has 0 aliphatic heterocycles. The maximum atomic E-state index is 5.80. The second-order valence-corrected chi connectivity index (χ2v) is 4.18. The Bertz CT molecular complexity index is 258. The van der Waals surface area contributed by atoms with Crippen molar-refractivity contribution in [3.05, 3.63) is 34.9 Å². The van der Waals surface area contributed by atoms with Crippen LogP contribution >= 0.6 is 23.2 Å². The number of alkyl halides is 1. The standard InChI is InChI=1S/C11H15Cl2N/c1-14(9-7-12)8-6-10-2-4-11(13)5-3-10/h2-5H,6-9H2,1H3. The lowest BCUT2D eigenvalue weighted by Crippen LogP contribution is -2.23. The van der Waals surface area contributed by atoms with Crippen LogP contribution in [0.2, 0.25) is 5.02 Å². The molecule has 0 heterocycles. The SMILES string of the molecule is CN(CCCl)CCc1ccc(Cl)cc1. The molecule has 14 heavy (non-hydrogen) atoms. The molecule has 0 saturated heterocycles. The van der Waals surface area contributed by atoms with E-state index in [1.807, 2.05) is 12.1 Å². The summed E-state index contributed by atoms with van der Waals surface area (Å²) < 4.78 is 0. The molecule has 1 nitrogen and oxygen atoms in total. The van der Waals surface area contributed by atoms with Crippen molar-refractivity contribution < 1.29 is 0 Å². The van der Waals surface area contributed by atoms with E-state index in [4.69, 9.17) is 23.2 Å². The highest BCUT2D eigenvalue weighted by Crippen LogP contribution is 2.10. The van der Waals surface area contributed by atoms with Gasteiger partial charge in [0.1, 0.15) is 0 Å². The predicted molar refractivity (Wildman–Crippen MR) is 63.4 cm³/mol. The zero-order valence-corrected chi connectivity index (χ0v) is 9.85. The van der Waals surface area contributed by atoms with Crippen LogP contribution in [0.25, 0.3) is 0 Å². The second kappa shape index (κ2) is 6.28. The maximum Gasteiger partial charge on any atom is 0.0406 e. The van der Waals surface area contributed by atoms with E-state index in [9.17, 15) is 0 Å². The lowest BCUT2D eigenvalue weighted by molar-refractivity contribution is 0.359. The summed E-state index contributed by atoms with van der Waals surface area (Å²) in [6.07, 6.45) is 1.05. The summed E-state index contributed by atoms with van der Waals surface area (Å²) in [5.74, 6) is 0.692. The van der Waals surface area contributed by atoms with Crippen molar-refractivity contribution in [1.29, 1.82) is 0 Å². The fourth-order valence-electron chi connectivity index (χ4n) is 1.23. The molecule has 1 aromatic carbocycles. The van der Waals surface area contributed by atoms with Gasteiger partial charge in [-0.2, -0.15) is 0 Å². The Labute approximate surface area is 95.6 Å². The number of likely N-dealkylation sites (N-methyl/N-ethyl adjacent to an activating group) is 1.